The zero-order chi connectivity index (χ0) is 20.8. The van der Waals surface area contributed by atoms with Gasteiger partial charge in [0.25, 0.3) is 0 Å². The average Bonchev–Trinajstić information content (AvgIpc) is 3.57. The number of ether oxygens (including phenoxy) is 1. The highest BCUT2D eigenvalue weighted by molar-refractivity contribution is 7.13. The standard InChI is InChI=1S/C24H17N5OS/c1-30-16-8-14(11-25-13-16)15-9-19-23(28-29-24(19)26-12-15)21-10-18-17(22-6-3-7-31-22)4-2-5-20(18)27-21/h2-13,27H,1H3,(H,26,28,29). The molecule has 0 atom stereocenters. The first kappa shape index (κ1) is 17.9. The van der Waals surface area contributed by atoms with Crippen molar-refractivity contribution in [3.8, 4) is 38.7 Å². The van der Waals surface area contributed by atoms with Crippen LogP contribution in [0.25, 0.3) is 54.9 Å². The third-order valence-electron chi connectivity index (χ3n) is 5.41. The molecule has 31 heavy (non-hydrogen) atoms. The lowest BCUT2D eigenvalue weighted by molar-refractivity contribution is 0.413. The molecule has 0 fully saturated rings. The predicted octanol–water partition coefficient (Wildman–Crippen LogP) is 5.91. The minimum atomic E-state index is 0.673. The van der Waals surface area contributed by atoms with E-state index in [0.717, 1.165) is 33.4 Å². The van der Waals surface area contributed by atoms with Crippen molar-refractivity contribution in [3.63, 3.8) is 0 Å². The number of rotatable bonds is 4. The Labute approximate surface area is 181 Å². The molecule has 0 spiro atoms. The van der Waals surface area contributed by atoms with Crippen LogP contribution in [0.15, 0.2) is 72.5 Å². The minimum Gasteiger partial charge on any atom is -0.495 e. The van der Waals surface area contributed by atoms with Crippen molar-refractivity contribution in [2.75, 3.05) is 7.11 Å². The number of aromatic amines is 2. The summed E-state index contributed by atoms with van der Waals surface area (Å²) in [5, 5.41) is 11.8. The maximum atomic E-state index is 5.31. The van der Waals surface area contributed by atoms with E-state index in [0.29, 0.717) is 11.4 Å². The van der Waals surface area contributed by atoms with Crippen molar-refractivity contribution in [2.24, 2.45) is 0 Å². The first-order valence-corrected chi connectivity index (χ1v) is 10.7. The van der Waals surface area contributed by atoms with Crippen LogP contribution in [0, 0.1) is 0 Å². The zero-order valence-electron chi connectivity index (χ0n) is 16.6. The summed E-state index contributed by atoms with van der Waals surface area (Å²) < 4.78 is 5.31. The lowest BCUT2D eigenvalue weighted by Crippen LogP contribution is -1.87. The SMILES string of the molecule is COc1cncc(-c2cnc3n[nH]c(-c4cc5c(-c6cccs6)cccc5[nH]4)c3c2)c1. The highest BCUT2D eigenvalue weighted by atomic mass is 32.1. The van der Waals surface area contributed by atoms with E-state index in [1.54, 1.807) is 30.8 Å². The molecule has 7 heteroatoms. The van der Waals surface area contributed by atoms with Crippen molar-refractivity contribution in [1.82, 2.24) is 25.1 Å². The van der Waals surface area contributed by atoms with Gasteiger partial charge in [-0.05, 0) is 35.7 Å². The molecular weight excluding hydrogens is 406 g/mol. The van der Waals surface area contributed by atoms with Crippen molar-refractivity contribution in [2.45, 2.75) is 0 Å². The molecule has 0 bridgehead atoms. The molecule has 2 N–H and O–H groups in total. The second-order valence-electron chi connectivity index (χ2n) is 7.23. The number of aromatic nitrogens is 5. The van der Waals surface area contributed by atoms with E-state index in [1.165, 1.54) is 15.8 Å². The number of nitrogens with one attached hydrogen (secondary N) is 2. The normalized spacial score (nSPS) is 11.4. The fourth-order valence-corrected chi connectivity index (χ4v) is 4.65. The zero-order valence-corrected chi connectivity index (χ0v) is 17.4. The number of benzene rings is 1. The van der Waals surface area contributed by atoms with Gasteiger partial charge in [-0.1, -0.05) is 18.2 Å². The number of fused-ring (bicyclic) bond motifs is 2. The summed E-state index contributed by atoms with van der Waals surface area (Å²) in [4.78, 5) is 13.6. The van der Waals surface area contributed by atoms with Crippen LogP contribution in [0.3, 0.4) is 0 Å². The Kier molecular flexibility index (Phi) is 4.07. The van der Waals surface area contributed by atoms with Gasteiger partial charge in [-0.2, -0.15) is 5.10 Å². The maximum Gasteiger partial charge on any atom is 0.181 e. The van der Waals surface area contributed by atoms with Crippen molar-refractivity contribution >= 4 is 33.3 Å². The first-order chi connectivity index (χ1) is 15.3. The molecule has 0 radical (unpaired) electrons. The van der Waals surface area contributed by atoms with Gasteiger partial charge in [-0.25, -0.2) is 4.98 Å². The molecule has 6 nitrogen and oxygen atoms in total. The molecule has 0 saturated heterocycles. The molecule has 6 rings (SSSR count). The van der Waals surface area contributed by atoms with E-state index in [1.807, 2.05) is 12.3 Å². The molecule has 0 aliphatic heterocycles. The summed E-state index contributed by atoms with van der Waals surface area (Å²) in [6, 6.07) is 16.8. The fraction of sp³-hybridized carbons (Fsp3) is 0.0417. The molecule has 1 aromatic carbocycles. The van der Waals surface area contributed by atoms with E-state index in [2.05, 4.69) is 73.0 Å². The van der Waals surface area contributed by atoms with Gasteiger partial charge in [0.05, 0.1) is 24.7 Å². The summed E-state index contributed by atoms with van der Waals surface area (Å²) in [6.07, 6.45) is 5.30. The molecule has 0 aliphatic rings. The Morgan fingerprint density at radius 3 is 2.74 bits per heavy atom. The third kappa shape index (κ3) is 2.98. The van der Waals surface area contributed by atoms with Gasteiger partial charge in [-0.15, -0.1) is 11.3 Å². The Hall–Kier alpha value is -3.97. The Morgan fingerprint density at radius 2 is 1.87 bits per heavy atom. The van der Waals surface area contributed by atoms with E-state index < -0.39 is 0 Å². The minimum absolute atomic E-state index is 0.673. The summed E-state index contributed by atoms with van der Waals surface area (Å²) in [5.74, 6) is 0.710. The molecular formula is C24H17N5OS. The number of pyridine rings is 2. The number of methoxy groups -OCH3 is 1. The van der Waals surface area contributed by atoms with Gasteiger partial charge in [0, 0.05) is 50.3 Å². The molecule has 0 amide bonds. The monoisotopic (exact) mass is 423 g/mol. The predicted molar refractivity (Wildman–Crippen MR) is 124 cm³/mol. The Bertz CT molecular complexity index is 1530. The molecule has 5 aromatic heterocycles. The highest BCUT2D eigenvalue weighted by Gasteiger charge is 2.15. The quantitative estimate of drug-likeness (QED) is 0.370. The summed E-state index contributed by atoms with van der Waals surface area (Å²) in [7, 11) is 1.64. The van der Waals surface area contributed by atoms with Crippen LogP contribution >= 0.6 is 11.3 Å². The molecule has 0 aliphatic carbocycles. The number of nitrogens with zero attached hydrogens (tertiary/aromatic N) is 3. The maximum absolute atomic E-state index is 5.31. The summed E-state index contributed by atoms with van der Waals surface area (Å²) >= 11 is 1.74. The van der Waals surface area contributed by atoms with Crippen LogP contribution in [-0.4, -0.2) is 32.3 Å². The Morgan fingerprint density at radius 1 is 0.935 bits per heavy atom. The van der Waals surface area contributed by atoms with Gasteiger partial charge in [0.2, 0.25) is 0 Å². The van der Waals surface area contributed by atoms with E-state index >= 15 is 0 Å². The van der Waals surface area contributed by atoms with Crippen LogP contribution in [0.2, 0.25) is 0 Å². The van der Waals surface area contributed by atoms with Crippen LogP contribution in [0.1, 0.15) is 0 Å². The largest absolute Gasteiger partial charge is 0.495 e. The van der Waals surface area contributed by atoms with Gasteiger partial charge < -0.3 is 9.72 Å². The van der Waals surface area contributed by atoms with Gasteiger partial charge in [0.1, 0.15) is 5.75 Å². The molecule has 150 valence electrons. The van der Waals surface area contributed by atoms with Crippen molar-refractivity contribution in [3.05, 3.63) is 72.5 Å². The van der Waals surface area contributed by atoms with Crippen LogP contribution in [0.4, 0.5) is 0 Å². The van der Waals surface area contributed by atoms with E-state index in [9.17, 15) is 0 Å². The molecule has 0 saturated carbocycles. The van der Waals surface area contributed by atoms with Gasteiger partial charge >= 0.3 is 0 Å². The summed E-state index contributed by atoms with van der Waals surface area (Å²) in [5.41, 5.74) is 6.77. The van der Waals surface area contributed by atoms with Gasteiger partial charge in [0.15, 0.2) is 5.65 Å². The fourth-order valence-electron chi connectivity index (χ4n) is 3.89. The van der Waals surface area contributed by atoms with Crippen molar-refractivity contribution < 1.29 is 4.74 Å². The number of H-pyrrole nitrogens is 2. The molecule has 6 aromatic rings. The summed E-state index contributed by atoms with van der Waals surface area (Å²) in [6.45, 7) is 0. The topological polar surface area (TPSA) is 79.5 Å². The van der Waals surface area contributed by atoms with Crippen LogP contribution < -0.4 is 4.74 Å². The lowest BCUT2D eigenvalue weighted by atomic mass is 10.1. The number of thiophene rings is 1. The van der Waals surface area contributed by atoms with Gasteiger partial charge in [-0.3, -0.25) is 10.1 Å². The molecule has 5 heterocycles. The number of hydrogen-bond donors (Lipinski definition) is 2. The van der Waals surface area contributed by atoms with E-state index in [4.69, 9.17) is 4.74 Å². The number of hydrogen-bond acceptors (Lipinski definition) is 5. The van der Waals surface area contributed by atoms with Crippen molar-refractivity contribution in [1.29, 1.82) is 0 Å². The Balaban J connectivity index is 1.50. The van der Waals surface area contributed by atoms with Crippen LogP contribution in [-0.2, 0) is 0 Å². The second-order valence-corrected chi connectivity index (χ2v) is 8.18. The second kappa shape index (κ2) is 7.07. The highest BCUT2D eigenvalue weighted by Crippen LogP contribution is 2.36. The van der Waals surface area contributed by atoms with E-state index in [-0.39, 0.29) is 0 Å². The third-order valence-corrected chi connectivity index (χ3v) is 6.32. The van der Waals surface area contributed by atoms with Crippen LogP contribution in [0.5, 0.6) is 5.75 Å². The lowest BCUT2D eigenvalue weighted by Gasteiger charge is -2.04. The smallest absolute Gasteiger partial charge is 0.181 e. The average molecular weight is 424 g/mol. The first-order valence-electron chi connectivity index (χ1n) is 9.80. The molecule has 0 unspecified atom stereocenters.